The third-order valence-corrected chi connectivity index (χ3v) is 4.08. The molecule has 2 rings (SSSR count). The third-order valence-electron chi connectivity index (χ3n) is 3.19. The second kappa shape index (κ2) is 7.33. The molecule has 0 saturated heterocycles. The summed E-state index contributed by atoms with van der Waals surface area (Å²) in [6.07, 6.45) is 2.76. The molecular weight excluding hydrogens is 288 g/mol. The molecule has 114 valence electrons. The fraction of sp³-hybridized carbons (Fsp3) is 0.500. The molecule has 0 aliphatic heterocycles. The van der Waals surface area contributed by atoms with Crippen LogP contribution in [0.25, 0.3) is 10.6 Å². The Morgan fingerprint density at radius 3 is 3.00 bits per heavy atom. The average molecular weight is 308 g/mol. The topological polar surface area (TPSA) is 69.0 Å². The lowest BCUT2D eigenvalue weighted by atomic mass is 10.3. The number of methoxy groups -OCH3 is 1. The maximum Gasteiger partial charge on any atom is 0.261 e. The maximum absolute atomic E-state index is 12.4. The zero-order chi connectivity index (χ0) is 15.2. The summed E-state index contributed by atoms with van der Waals surface area (Å²) >= 11 is 1.40. The quantitative estimate of drug-likeness (QED) is 0.849. The molecule has 0 aromatic carbocycles. The molecule has 0 radical (unpaired) electrons. The van der Waals surface area contributed by atoms with Gasteiger partial charge in [0.1, 0.15) is 0 Å². The molecule has 0 aliphatic carbocycles. The van der Waals surface area contributed by atoms with E-state index in [0.29, 0.717) is 29.8 Å². The van der Waals surface area contributed by atoms with E-state index in [2.05, 4.69) is 29.4 Å². The van der Waals surface area contributed by atoms with Gasteiger partial charge in [-0.25, -0.2) is 0 Å². The lowest BCUT2D eigenvalue weighted by molar-refractivity contribution is 0.186. The highest BCUT2D eigenvalue weighted by atomic mass is 32.1. The van der Waals surface area contributed by atoms with Gasteiger partial charge in [-0.05, 0) is 25.5 Å². The molecular formula is C14H20N4O2S. The predicted molar refractivity (Wildman–Crippen MR) is 84.9 cm³/mol. The average Bonchev–Trinajstić information content (AvgIpc) is 2.94. The van der Waals surface area contributed by atoms with Gasteiger partial charge in [-0.2, -0.15) is 0 Å². The summed E-state index contributed by atoms with van der Waals surface area (Å²) in [4.78, 5) is 12.4. The Morgan fingerprint density at radius 1 is 1.48 bits per heavy atom. The molecule has 1 unspecified atom stereocenters. The summed E-state index contributed by atoms with van der Waals surface area (Å²) in [6.45, 7) is 5.22. The van der Waals surface area contributed by atoms with Crippen molar-refractivity contribution < 1.29 is 4.74 Å². The molecule has 0 aliphatic rings. The molecule has 0 saturated carbocycles. The SMILES string of the molecule is CCC(C)Nc1nnc(-c2cccn(CCOC)c2=O)s1. The van der Waals surface area contributed by atoms with Gasteiger partial charge in [-0.3, -0.25) is 4.79 Å². The molecule has 2 aromatic heterocycles. The first-order chi connectivity index (χ1) is 10.2. The lowest BCUT2D eigenvalue weighted by Gasteiger charge is -2.08. The van der Waals surface area contributed by atoms with Crippen LogP contribution in [0.3, 0.4) is 0 Å². The van der Waals surface area contributed by atoms with E-state index in [1.807, 2.05) is 6.07 Å². The smallest absolute Gasteiger partial charge is 0.261 e. The van der Waals surface area contributed by atoms with Gasteiger partial charge in [-0.1, -0.05) is 18.3 Å². The summed E-state index contributed by atoms with van der Waals surface area (Å²) in [7, 11) is 1.62. The van der Waals surface area contributed by atoms with Crippen LogP contribution in [-0.2, 0) is 11.3 Å². The molecule has 1 atom stereocenters. The van der Waals surface area contributed by atoms with E-state index in [-0.39, 0.29) is 5.56 Å². The fourth-order valence-corrected chi connectivity index (χ4v) is 2.64. The van der Waals surface area contributed by atoms with E-state index in [0.717, 1.165) is 11.6 Å². The summed E-state index contributed by atoms with van der Waals surface area (Å²) in [6, 6.07) is 3.95. The third kappa shape index (κ3) is 3.89. The summed E-state index contributed by atoms with van der Waals surface area (Å²) < 4.78 is 6.64. The van der Waals surface area contributed by atoms with Gasteiger partial charge in [0.05, 0.1) is 12.2 Å². The van der Waals surface area contributed by atoms with Gasteiger partial charge in [0.15, 0.2) is 5.01 Å². The van der Waals surface area contributed by atoms with Crippen LogP contribution in [0, 0.1) is 0 Å². The summed E-state index contributed by atoms with van der Waals surface area (Å²) in [5.74, 6) is 0. The Kier molecular flexibility index (Phi) is 5.46. The highest BCUT2D eigenvalue weighted by Crippen LogP contribution is 2.24. The summed E-state index contributed by atoms with van der Waals surface area (Å²) in [5, 5.41) is 12.9. The number of hydrogen-bond donors (Lipinski definition) is 1. The van der Waals surface area contributed by atoms with Crippen LogP contribution in [0.15, 0.2) is 23.1 Å². The van der Waals surface area contributed by atoms with Crippen molar-refractivity contribution in [1.82, 2.24) is 14.8 Å². The van der Waals surface area contributed by atoms with E-state index < -0.39 is 0 Å². The van der Waals surface area contributed by atoms with Crippen molar-refractivity contribution in [3.8, 4) is 10.6 Å². The Labute approximate surface area is 127 Å². The van der Waals surface area contributed by atoms with Crippen molar-refractivity contribution in [3.05, 3.63) is 28.7 Å². The number of anilines is 1. The van der Waals surface area contributed by atoms with E-state index in [9.17, 15) is 4.79 Å². The first-order valence-corrected chi connectivity index (χ1v) is 7.76. The zero-order valence-electron chi connectivity index (χ0n) is 12.5. The molecule has 21 heavy (non-hydrogen) atoms. The molecule has 2 aromatic rings. The van der Waals surface area contributed by atoms with Crippen LogP contribution >= 0.6 is 11.3 Å². The predicted octanol–water partition coefficient (Wildman–Crippen LogP) is 2.22. The van der Waals surface area contributed by atoms with Crippen molar-refractivity contribution >= 4 is 16.5 Å². The minimum Gasteiger partial charge on any atom is -0.383 e. The molecule has 0 bridgehead atoms. The van der Waals surface area contributed by atoms with Crippen LogP contribution in [-0.4, -0.2) is 34.5 Å². The highest BCUT2D eigenvalue weighted by molar-refractivity contribution is 7.18. The Hall–Kier alpha value is -1.73. The van der Waals surface area contributed by atoms with Crippen LogP contribution in [0.2, 0.25) is 0 Å². The van der Waals surface area contributed by atoms with Gasteiger partial charge in [-0.15, -0.1) is 10.2 Å². The largest absolute Gasteiger partial charge is 0.383 e. The number of hydrogen-bond acceptors (Lipinski definition) is 6. The summed E-state index contributed by atoms with van der Waals surface area (Å²) in [5.41, 5.74) is 0.504. The van der Waals surface area contributed by atoms with Crippen molar-refractivity contribution in [2.24, 2.45) is 0 Å². The van der Waals surface area contributed by atoms with Crippen molar-refractivity contribution in [2.75, 3.05) is 19.0 Å². The number of nitrogens with zero attached hydrogens (tertiary/aromatic N) is 3. The first-order valence-electron chi connectivity index (χ1n) is 6.94. The first kappa shape index (κ1) is 15.7. The number of nitrogens with one attached hydrogen (secondary N) is 1. The second-order valence-electron chi connectivity index (χ2n) is 4.78. The van der Waals surface area contributed by atoms with Gasteiger partial charge < -0.3 is 14.6 Å². The van der Waals surface area contributed by atoms with Crippen molar-refractivity contribution in [2.45, 2.75) is 32.9 Å². The van der Waals surface area contributed by atoms with Gasteiger partial charge in [0.25, 0.3) is 5.56 Å². The Bertz CT molecular complexity index is 638. The number of rotatable bonds is 7. The monoisotopic (exact) mass is 308 g/mol. The molecule has 2 heterocycles. The van der Waals surface area contributed by atoms with Crippen LogP contribution in [0.5, 0.6) is 0 Å². The van der Waals surface area contributed by atoms with E-state index in [1.54, 1.807) is 23.9 Å². The molecule has 7 heteroatoms. The van der Waals surface area contributed by atoms with Crippen molar-refractivity contribution in [3.63, 3.8) is 0 Å². The molecule has 0 fully saturated rings. The lowest BCUT2D eigenvalue weighted by Crippen LogP contribution is -2.22. The normalized spacial score (nSPS) is 12.3. The van der Waals surface area contributed by atoms with Gasteiger partial charge >= 0.3 is 0 Å². The van der Waals surface area contributed by atoms with Crippen LogP contribution in [0.4, 0.5) is 5.13 Å². The standard InChI is InChI=1S/C14H20N4O2S/c1-4-10(2)15-14-17-16-12(21-14)11-6-5-7-18(13(11)19)8-9-20-3/h5-7,10H,4,8-9H2,1-3H3,(H,15,17). The van der Waals surface area contributed by atoms with Gasteiger partial charge in [0, 0.05) is 25.9 Å². The second-order valence-corrected chi connectivity index (χ2v) is 5.76. The number of ether oxygens (including phenoxy) is 1. The molecule has 0 spiro atoms. The van der Waals surface area contributed by atoms with Crippen LogP contribution < -0.4 is 10.9 Å². The zero-order valence-corrected chi connectivity index (χ0v) is 13.3. The maximum atomic E-state index is 12.4. The molecule has 1 N–H and O–H groups in total. The minimum absolute atomic E-state index is 0.0687. The molecule has 6 nitrogen and oxygen atoms in total. The van der Waals surface area contributed by atoms with Crippen LogP contribution in [0.1, 0.15) is 20.3 Å². The van der Waals surface area contributed by atoms with E-state index in [4.69, 9.17) is 4.74 Å². The van der Waals surface area contributed by atoms with Crippen molar-refractivity contribution in [1.29, 1.82) is 0 Å². The molecule has 0 amide bonds. The number of aromatic nitrogens is 3. The minimum atomic E-state index is -0.0687. The highest BCUT2D eigenvalue weighted by Gasteiger charge is 2.12. The Balaban J connectivity index is 2.24. The Morgan fingerprint density at radius 2 is 2.29 bits per heavy atom. The van der Waals surface area contributed by atoms with E-state index >= 15 is 0 Å². The fourth-order valence-electron chi connectivity index (χ4n) is 1.77. The van der Waals surface area contributed by atoms with Gasteiger partial charge in [0.2, 0.25) is 5.13 Å². The number of pyridine rings is 1. The van der Waals surface area contributed by atoms with E-state index in [1.165, 1.54) is 11.3 Å².